The van der Waals surface area contributed by atoms with Crippen molar-refractivity contribution in [1.29, 1.82) is 0 Å². The number of fused-ring (bicyclic) bond motifs is 3. The summed E-state index contributed by atoms with van der Waals surface area (Å²) in [6, 6.07) is 50.4. The molecule has 1 heterocycles. The van der Waals surface area contributed by atoms with E-state index in [1.54, 1.807) is 0 Å². The molecule has 1 unspecified atom stereocenters. The van der Waals surface area contributed by atoms with E-state index in [0.29, 0.717) is 0 Å². The van der Waals surface area contributed by atoms with Crippen LogP contribution in [0.5, 0.6) is 0 Å². The molecule has 8 rings (SSSR count). The van der Waals surface area contributed by atoms with Gasteiger partial charge in [0.2, 0.25) is 0 Å². The van der Waals surface area contributed by atoms with Crippen molar-refractivity contribution in [2.24, 2.45) is 11.6 Å². The summed E-state index contributed by atoms with van der Waals surface area (Å²) in [4.78, 5) is 0. The van der Waals surface area contributed by atoms with Gasteiger partial charge in [-0.2, -0.15) is 0 Å². The Morgan fingerprint density at radius 1 is 0.667 bits per heavy atom. The maximum Gasteiger partial charge on any atom is 0.0551 e. The molecule has 0 radical (unpaired) electrons. The topological polar surface area (TPSA) is 95.0 Å². The van der Waals surface area contributed by atoms with Gasteiger partial charge in [-0.15, -0.1) is 0 Å². The number of hydrogen-bond donors (Lipinski definition) is 4. The van der Waals surface area contributed by atoms with Gasteiger partial charge in [0.25, 0.3) is 0 Å². The Morgan fingerprint density at radius 3 is 1.90 bits per heavy atom. The van der Waals surface area contributed by atoms with Crippen molar-refractivity contribution in [3.05, 3.63) is 227 Å². The molecular formula is C55H61N5. The number of anilines is 2. The number of nitrogens with zero attached hydrogens (tertiary/aromatic N) is 1. The Hall–Kier alpha value is -6.66. The van der Waals surface area contributed by atoms with Crippen LogP contribution in [0.15, 0.2) is 188 Å². The van der Waals surface area contributed by atoms with Crippen LogP contribution in [-0.2, 0) is 12.8 Å². The second kappa shape index (κ2) is 23.1. The summed E-state index contributed by atoms with van der Waals surface area (Å²) >= 11 is 0. The monoisotopic (exact) mass is 791 g/mol. The minimum atomic E-state index is -0.142. The lowest BCUT2D eigenvalue weighted by Crippen LogP contribution is -2.11. The summed E-state index contributed by atoms with van der Waals surface area (Å²) in [5.41, 5.74) is 30.8. The number of nitrogens with one attached hydrogen (secondary N) is 1. The van der Waals surface area contributed by atoms with E-state index in [9.17, 15) is 0 Å². The first-order valence-electron chi connectivity index (χ1n) is 21.0. The fraction of sp³-hybridized carbons (Fsp3) is 0.164. The lowest BCUT2D eigenvalue weighted by molar-refractivity contribution is 0.865. The van der Waals surface area contributed by atoms with E-state index >= 15 is 0 Å². The number of para-hydroxylation sites is 1. The predicted molar refractivity (Wildman–Crippen MR) is 261 cm³/mol. The minimum Gasteiger partial charge on any atom is -0.398 e. The second-order valence-electron chi connectivity index (χ2n) is 14.3. The van der Waals surface area contributed by atoms with Crippen molar-refractivity contribution < 1.29 is 0 Å². The molecule has 5 heteroatoms. The number of rotatable bonds is 9. The Bertz CT molecular complexity index is 2490. The molecule has 7 aromatic rings. The van der Waals surface area contributed by atoms with Crippen molar-refractivity contribution in [2.45, 2.75) is 59.9 Å². The molecule has 1 aliphatic carbocycles. The average molecular weight is 792 g/mol. The SMILES string of the molecule is CC.C\C=C/C=C\C=C\C.Cc1ccccc1Cc1cc(-c2ccc3c(c2)c2c(n3-c3ccc(C(N)c4ccccc4)cc3)CCC=C2)ccc1N.NNc1ccccc1. The van der Waals surface area contributed by atoms with Gasteiger partial charge in [-0.3, -0.25) is 5.84 Å². The molecule has 0 bridgehead atoms. The van der Waals surface area contributed by atoms with Crippen molar-refractivity contribution in [3.63, 3.8) is 0 Å². The molecule has 1 aromatic heterocycles. The third-order valence-electron chi connectivity index (χ3n) is 10.4. The van der Waals surface area contributed by atoms with E-state index in [-0.39, 0.29) is 6.04 Å². The predicted octanol–water partition coefficient (Wildman–Crippen LogP) is 13.5. The summed E-state index contributed by atoms with van der Waals surface area (Å²) in [5.74, 6) is 5.10. The van der Waals surface area contributed by atoms with E-state index in [1.807, 2.05) is 113 Å². The van der Waals surface area contributed by atoms with Gasteiger partial charge in [0.15, 0.2) is 0 Å². The molecule has 0 saturated carbocycles. The number of nitrogens with two attached hydrogens (primary N) is 3. The van der Waals surface area contributed by atoms with Gasteiger partial charge in [0.05, 0.1) is 11.6 Å². The van der Waals surface area contributed by atoms with E-state index in [0.717, 1.165) is 47.3 Å². The normalized spacial score (nSPS) is 12.2. The molecule has 6 aromatic carbocycles. The zero-order valence-electron chi connectivity index (χ0n) is 35.9. The lowest BCUT2D eigenvalue weighted by Gasteiger charge is -2.16. The molecule has 306 valence electrons. The van der Waals surface area contributed by atoms with Crippen LogP contribution < -0.4 is 22.7 Å². The maximum atomic E-state index is 6.60. The van der Waals surface area contributed by atoms with E-state index in [4.69, 9.17) is 17.3 Å². The van der Waals surface area contributed by atoms with Gasteiger partial charge in [0, 0.05) is 33.7 Å². The van der Waals surface area contributed by atoms with Crippen LogP contribution in [0.3, 0.4) is 0 Å². The molecule has 1 atom stereocenters. The molecule has 0 fully saturated rings. The van der Waals surface area contributed by atoms with Crippen LogP contribution in [0.1, 0.15) is 79.2 Å². The molecule has 0 amide bonds. The van der Waals surface area contributed by atoms with Crippen LogP contribution >= 0.6 is 0 Å². The lowest BCUT2D eigenvalue weighted by atomic mass is 9.94. The third-order valence-corrected chi connectivity index (χ3v) is 10.4. The molecule has 60 heavy (non-hydrogen) atoms. The highest BCUT2D eigenvalue weighted by molar-refractivity contribution is 5.96. The molecule has 7 N–H and O–H groups in total. The fourth-order valence-electron chi connectivity index (χ4n) is 7.22. The van der Waals surface area contributed by atoms with E-state index in [2.05, 4.69) is 126 Å². The largest absolute Gasteiger partial charge is 0.398 e. The average Bonchev–Trinajstić information content (AvgIpc) is 3.64. The highest BCUT2D eigenvalue weighted by Gasteiger charge is 2.20. The van der Waals surface area contributed by atoms with Gasteiger partial charge >= 0.3 is 0 Å². The van der Waals surface area contributed by atoms with Crippen molar-refractivity contribution in [3.8, 4) is 16.8 Å². The molecule has 0 saturated heterocycles. The Morgan fingerprint density at radius 2 is 1.27 bits per heavy atom. The zero-order valence-corrected chi connectivity index (χ0v) is 35.9. The Kier molecular flexibility index (Phi) is 17.1. The van der Waals surface area contributed by atoms with Crippen LogP contribution in [0.2, 0.25) is 0 Å². The summed E-state index contributed by atoms with van der Waals surface area (Å²) in [6.45, 7) is 10.2. The highest BCUT2D eigenvalue weighted by atomic mass is 15.2. The third kappa shape index (κ3) is 11.5. The molecular weight excluding hydrogens is 731 g/mol. The van der Waals surface area contributed by atoms with Crippen LogP contribution in [-0.4, -0.2) is 4.57 Å². The smallest absolute Gasteiger partial charge is 0.0551 e. The first-order valence-corrected chi connectivity index (χ1v) is 21.0. The maximum absolute atomic E-state index is 6.60. The fourth-order valence-corrected chi connectivity index (χ4v) is 7.22. The number of allylic oxidation sites excluding steroid dienone is 7. The van der Waals surface area contributed by atoms with Gasteiger partial charge in [0.1, 0.15) is 0 Å². The van der Waals surface area contributed by atoms with Crippen molar-refractivity contribution in [1.82, 2.24) is 4.57 Å². The molecule has 0 spiro atoms. The van der Waals surface area contributed by atoms with Gasteiger partial charge in [-0.25, -0.2) is 0 Å². The van der Waals surface area contributed by atoms with Crippen LogP contribution in [0.4, 0.5) is 11.4 Å². The number of hydrogen-bond acceptors (Lipinski definition) is 4. The van der Waals surface area contributed by atoms with Crippen molar-refractivity contribution >= 4 is 28.4 Å². The minimum absolute atomic E-state index is 0.142. The highest BCUT2D eigenvalue weighted by Crippen LogP contribution is 2.37. The van der Waals surface area contributed by atoms with Crippen LogP contribution in [0, 0.1) is 6.92 Å². The van der Waals surface area contributed by atoms with Crippen molar-refractivity contribution in [2.75, 3.05) is 11.2 Å². The summed E-state index contributed by atoms with van der Waals surface area (Å²) in [5, 5.41) is 1.28. The van der Waals surface area contributed by atoms with E-state index < -0.39 is 0 Å². The number of benzene rings is 6. The van der Waals surface area contributed by atoms with Gasteiger partial charge in [-0.1, -0.05) is 160 Å². The number of hydrazine groups is 1. The first-order chi connectivity index (χ1) is 29.4. The first kappa shape index (κ1) is 44.4. The number of nitrogen functional groups attached to an aromatic ring is 2. The van der Waals surface area contributed by atoms with Crippen LogP contribution in [0.25, 0.3) is 33.8 Å². The summed E-state index contributed by atoms with van der Waals surface area (Å²) < 4.78 is 2.43. The summed E-state index contributed by atoms with van der Waals surface area (Å²) in [7, 11) is 0. The standard InChI is InChI=1S/C39H35N3.C8H12.C6H8N2.C2H6/c1-26-9-5-6-12-29(26)23-32-24-30(17-21-36(32)40)31-18-22-38-35(25-31)34-13-7-8-14-37(34)42(38)33-19-15-28(16-20-33)39(41)27-10-3-2-4-11-27;1-3-5-7-8-6-4-2;7-8-6-4-2-1-3-5-6;1-2/h2-7,9-13,15-22,24-25,39H,8,14,23,40-41H2,1H3;3-8H,1-2H3;1-5,8H,7H2;1-2H3/b;5-3-,6-4+,8-7-;;. The number of aromatic nitrogens is 1. The zero-order chi connectivity index (χ0) is 42.7. The van der Waals surface area contributed by atoms with Gasteiger partial charge in [-0.05, 0) is 128 Å². The second-order valence-corrected chi connectivity index (χ2v) is 14.3. The van der Waals surface area contributed by atoms with E-state index in [1.165, 1.54) is 50.1 Å². The summed E-state index contributed by atoms with van der Waals surface area (Å²) in [6.07, 6.45) is 19.5. The molecule has 0 aliphatic heterocycles. The number of aryl methyl sites for hydroxylation is 1. The Balaban J connectivity index is 0.000000317. The molecule has 5 nitrogen and oxygen atoms in total. The molecule has 1 aliphatic rings. The quantitative estimate of drug-likeness (QED) is 0.0507. The Labute approximate surface area is 358 Å². The van der Waals surface area contributed by atoms with Gasteiger partial charge < -0.3 is 21.5 Å².